The van der Waals surface area contributed by atoms with Crippen LogP contribution >= 0.6 is 23.4 Å². The van der Waals surface area contributed by atoms with E-state index in [4.69, 9.17) is 11.6 Å². The smallest absolute Gasteiger partial charge is 0.191 e. The van der Waals surface area contributed by atoms with E-state index in [-0.39, 0.29) is 5.75 Å². The Balaban J connectivity index is 1.72. The van der Waals surface area contributed by atoms with E-state index in [1.165, 1.54) is 11.2 Å². The van der Waals surface area contributed by atoms with Crippen LogP contribution in [0.15, 0.2) is 58.4 Å². The molecule has 0 fully saturated rings. The van der Waals surface area contributed by atoms with Crippen molar-refractivity contribution < 1.29 is 8.42 Å². The molecule has 2 aromatic carbocycles. The van der Waals surface area contributed by atoms with Crippen LogP contribution in [0.5, 0.6) is 0 Å². The Hall–Kier alpha value is -1.70. The molecule has 2 N–H and O–H groups in total. The molecule has 146 valence electrons. The average Bonchev–Trinajstić information content (AvgIpc) is 2.62. The summed E-state index contributed by atoms with van der Waals surface area (Å²) in [5, 5.41) is 7.27. The second-order valence-corrected chi connectivity index (χ2v) is 9.79. The number of hydrogen-bond acceptors (Lipinski definition) is 4. The summed E-state index contributed by atoms with van der Waals surface area (Å²) < 4.78 is 22.7. The first kappa shape index (κ1) is 21.6. The summed E-state index contributed by atoms with van der Waals surface area (Å²) in [4.78, 5) is 5.39. The summed E-state index contributed by atoms with van der Waals surface area (Å²) in [7, 11) is -1.28. The number of nitrogens with zero attached hydrogens (tertiary/aromatic N) is 1. The number of halogens is 1. The predicted molar refractivity (Wildman–Crippen MR) is 115 cm³/mol. The first-order valence-electron chi connectivity index (χ1n) is 8.44. The molecule has 0 atom stereocenters. The van der Waals surface area contributed by atoms with E-state index >= 15 is 0 Å². The highest BCUT2D eigenvalue weighted by Crippen LogP contribution is 2.19. The van der Waals surface area contributed by atoms with Gasteiger partial charge in [0.15, 0.2) is 15.8 Å². The summed E-state index contributed by atoms with van der Waals surface area (Å²) in [6.45, 7) is 1.39. The van der Waals surface area contributed by atoms with Crippen molar-refractivity contribution in [2.75, 3.05) is 25.6 Å². The summed E-state index contributed by atoms with van der Waals surface area (Å²) in [5.74, 6) is 1.70. The monoisotopic (exact) mass is 425 g/mol. The van der Waals surface area contributed by atoms with Crippen LogP contribution in [0, 0.1) is 0 Å². The maximum absolute atomic E-state index is 11.3. The Morgan fingerprint density at radius 1 is 1.04 bits per heavy atom. The van der Waals surface area contributed by atoms with Crippen molar-refractivity contribution in [3.8, 4) is 0 Å². The molecule has 27 heavy (non-hydrogen) atoms. The highest BCUT2D eigenvalue weighted by molar-refractivity contribution is 7.99. The van der Waals surface area contributed by atoms with E-state index in [2.05, 4.69) is 15.6 Å². The van der Waals surface area contributed by atoms with Crippen molar-refractivity contribution in [2.45, 2.75) is 17.2 Å². The quantitative estimate of drug-likeness (QED) is 0.294. The third-order valence-electron chi connectivity index (χ3n) is 3.61. The number of sulfone groups is 1. The zero-order valence-electron chi connectivity index (χ0n) is 15.4. The first-order valence-corrected chi connectivity index (χ1v) is 11.9. The molecule has 8 heteroatoms. The molecule has 0 aromatic heterocycles. The zero-order chi connectivity index (χ0) is 19.7. The number of nitrogens with one attached hydrogen (secondary N) is 2. The molecular formula is C19H24ClN3O2S2. The average molecular weight is 426 g/mol. The van der Waals surface area contributed by atoms with Crippen LogP contribution < -0.4 is 10.6 Å². The highest BCUT2D eigenvalue weighted by Gasteiger charge is 2.04. The van der Waals surface area contributed by atoms with Gasteiger partial charge in [-0.25, -0.2) is 8.42 Å². The number of thioether (sulfide) groups is 1. The lowest BCUT2D eigenvalue weighted by Gasteiger charge is -2.12. The molecule has 0 saturated heterocycles. The van der Waals surface area contributed by atoms with Gasteiger partial charge in [-0.1, -0.05) is 35.9 Å². The van der Waals surface area contributed by atoms with E-state index < -0.39 is 9.84 Å². The van der Waals surface area contributed by atoms with Gasteiger partial charge in [0.1, 0.15) is 0 Å². The molecule has 0 spiro atoms. The largest absolute Gasteiger partial charge is 0.356 e. The van der Waals surface area contributed by atoms with Crippen molar-refractivity contribution in [3.63, 3.8) is 0 Å². The second kappa shape index (κ2) is 10.6. The van der Waals surface area contributed by atoms with Crippen LogP contribution in [0.2, 0.25) is 5.02 Å². The van der Waals surface area contributed by atoms with E-state index in [0.29, 0.717) is 6.54 Å². The van der Waals surface area contributed by atoms with Crippen LogP contribution in [0.4, 0.5) is 0 Å². The van der Waals surface area contributed by atoms with E-state index in [0.717, 1.165) is 34.4 Å². The Bertz CT molecular complexity index is 852. The lowest BCUT2D eigenvalue weighted by atomic mass is 10.1. The van der Waals surface area contributed by atoms with Crippen molar-refractivity contribution in [2.24, 2.45) is 4.99 Å². The molecule has 2 rings (SSSR count). The lowest BCUT2D eigenvalue weighted by Crippen LogP contribution is -2.37. The van der Waals surface area contributed by atoms with Crippen LogP contribution in [0.1, 0.15) is 11.1 Å². The standard InChI is InChI=1S/C19H24ClN3O2S2/c1-21-19(22-11-12-26-18-9-7-17(20)8-10-18)23-13-15-3-5-16(6-4-15)14-27(2,24)25/h3-10H,11-14H2,1-2H3,(H2,21,22,23). The molecule has 2 aromatic rings. The summed E-state index contributed by atoms with van der Waals surface area (Å²) in [6, 6.07) is 15.3. The maximum Gasteiger partial charge on any atom is 0.191 e. The van der Waals surface area contributed by atoms with Gasteiger partial charge in [-0.3, -0.25) is 4.99 Å². The van der Waals surface area contributed by atoms with Gasteiger partial charge in [0, 0.05) is 42.1 Å². The summed E-state index contributed by atoms with van der Waals surface area (Å²) in [6.07, 6.45) is 1.24. The van der Waals surface area contributed by atoms with Crippen molar-refractivity contribution in [1.29, 1.82) is 0 Å². The molecule has 0 heterocycles. The third-order valence-corrected chi connectivity index (χ3v) is 5.74. The molecule has 5 nitrogen and oxygen atoms in total. The van der Waals surface area contributed by atoms with Gasteiger partial charge in [-0.05, 0) is 35.4 Å². The van der Waals surface area contributed by atoms with Crippen LogP contribution in [-0.2, 0) is 22.1 Å². The van der Waals surface area contributed by atoms with Crippen molar-refractivity contribution in [1.82, 2.24) is 10.6 Å². The number of hydrogen-bond donors (Lipinski definition) is 2. The SMILES string of the molecule is CN=C(NCCSc1ccc(Cl)cc1)NCc1ccc(CS(C)(=O)=O)cc1. The first-order chi connectivity index (χ1) is 12.9. The molecule has 0 unspecified atom stereocenters. The van der Waals surface area contributed by atoms with E-state index in [9.17, 15) is 8.42 Å². The van der Waals surface area contributed by atoms with Gasteiger partial charge in [0.2, 0.25) is 0 Å². The van der Waals surface area contributed by atoms with Gasteiger partial charge < -0.3 is 10.6 Å². The Kier molecular flexibility index (Phi) is 8.47. The molecule has 0 aliphatic heterocycles. The van der Waals surface area contributed by atoms with Gasteiger partial charge in [0.25, 0.3) is 0 Å². The number of aliphatic imine (C=N–C) groups is 1. The van der Waals surface area contributed by atoms with Gasteiger partial charge in [0.05, 0.1) is 5.75 Å². The van der Waals surface area contributed by atoms with Gasteiger partial charge >= 0.3 is 0 Å². The summed E-state index contributed by atoms with van der Waals surface area (Å²) in [5.41, 5.74) is 1.86. The van der Waals surface area contributed by atoms with E-state index in [1.54, 1.807) is 18.8 Å². The minimum absolute atomic E-state index is 0.0647. The maximum atomic E-state index is 11.3. The Labute approximate surface area is 170 Å². The lowest BCUT2D eigenvalue weighted by molar-refractivity contribution is 0.601. The number of rotatable bonds is 8. The fraction of sp³-hybridized carbons (Fsp3) is 0.316. The Morgan fingerprint density at radius 2 is 1.67 bits per heavy atom. The molecule has 0 aliphatic rings. The normalized spacial score (nSPS) is 12.0. The molecule has 0 saturated carbocycles. The zero-order valence-corrected chi connectivity index (χ0v) is 17.8. The molecule has 0 bridgehead atoms. The highest BCUT2D eigenvalue weighted by atomic mass is 35.5. The number of guanidine groups is 1. The molecule has 0 radical (unpaired) electrons. The van der Waals surface area contributed by atoms with Gasteiger partial charge in [-0.15, -0.1) is 11.8 Å². The summed E-state index contributed by atoms with van der Waals surface area (Å²) >= 11 is 7.63. The molecule has 0 amide bonds. The van der Waals surface area contributed by atoms with Crippen molar-refractivity contribution in [3.05, 3.63) is 64.7 Å². The van der Waals surface area contributed by atoms with Crippen LogP contribution in [0.25, 0.3) is 0 Å². The second-order valence-electron chi connectivity index (χ2n) is 6.04. The van der Waals surface area contributed by atoms with Crippen LogP contribution in [0.3, 0.4) is 0 Å². The number of benzene rings is 2. The molecule has 0 aliphatic carbocycles. The predicted octanol–water partition coefficient (Wildman–Crippen LogP) is 3.34. The van der Waals surface area contributed by atoms with Crippen LogP contribution in [-0.4, -0.2) is 40.0 Å². The third kappa shape index (κ3) is 8.69. The topological polar surface area (TPSA) is 70.6 Å². The van der Waals surface area contributed by atoms with Crippen molar-refractivity contribution >= 4 is 39.2 Å². The molecular weight excluding hydrogens is 402 g/mol. The fourth-order valence-corrected chi connectivity index (χ4v) is 4.02. The fourth-order valence-electron chi connectivity index (χ4n) is 2.33. The minimum atomic E-state index is -3.01. The van der Waals surface area contributed by atoms with Gasteiger partial charge in [-0.2, -0.15) is 0 Å². The Morgan fingerprint density at radius 3 is 2.26 bits per heavy atom. The van der Waals surface area contributed by atoms with E-state index in [1.807, 2.05) is 48.5 Å². The minimum Gasteiger partial charge on any atom is -0.356 e.